The van der Waals surface area contributed by atoms with E-state index >= 15 is 4.39 Å². The molecule has 7 nitrogen and oxygen atoms in total. The van der Waals surface area contributed by atoms with Crippen molar-refractivity contribution in [2.75, 3.05) is 24.6 Å². The number of halogens is 3. The summed E-state index contributed by atoms with van der Waals surface area (Å²) in [5.41, 5.74) is 5.24. The lowest BCUT2D eigenvalue weighted by atomic mass is 9.76. The van der Waals surface area contributed by atoms with Crippen molar-refractivity contribution in [3.8, 4) is 5.75 Å². The van der Waals surface area contributed by atoms with E-state index in [1.54, 1.807) is 6.92 Å². The summed E-state index contributed by atoms with van der Waals surface area (Å²) < 4.78 is 51.5. The molecular formula is C21H22F3N3O4. The van der Waals surface area contributed by atoms with Crippen molar-refractivity contribution >= 4 is 22.6 Å². The number of aromatic nitrogens is 1. The molecule has 1 aromatic heterocycles. The molecule has 2 fully saturated rings. The SMILES string of the molecule is C[C@H]1COc2c(N3C[C@@H]4[C@H](N)CCC(F)(F)[C@@H]4C3)c(F)cc3cc(C(=O)O)c(=O)n1c23. The Balaban J connectivity index is 1.70. The summed E-state index contributed by atoms with van der Waals surface area (Å²) >= 11 is 0. The fourth-order valence-corrected chi connectivity index (χ4v) is 5.37. The largest absolute Gasteiger partial charge is 0.487 e. The van der Waals surface area contributed by atoms with Crippen molar-refractivity contribution in [3.05, 3.63) is 33.9 Å². The van der Waals surface area contributed by atoms with Crippen LogP contribution in [0.5, 0.6) is 5.75 Å². The predicted octanol–water partition coefficient (Wildman–Crippen LogP) is 2.60. The molecular weight excluding hydrogens is 415 g/mol. The first-order chi connectivity index (χ1) is 14.6. The quantitative estimate of drug-likeness (QED) is 0.750. The highest BCUT2D eigenvalue weighted by Crippen LogP contribution is 2.49. The van der Waals surface area contributed by atoms with Crippen LogP contribution in [0.25, 0.3) is 10.9 Å². The second-order valence-corrected chi connectivity index (χ2v) is 8.81. The molecule has 4 atom stereocenters. The average Bonchev–Trinajstić information content (AvgIpc) is 3.15. The van der Waals surface area contributed by atoms with Crippen LogP contribution in [-0.4, -0.2) is 47.3 Å². The second-order valence-electron chi connectivity index (χ2n) is 8.81. The zero-order chi connectivity index (χ0) is 22.2. The van der Waals surface area contributed by atoms with Gasteiger partial charge in [-0.15, -0.1) is 0 Å². The molecule has 31 heavy (non-hydrogen) atoms. The maximum atomic E-state index is 15.3. The van der Waals surface area contributed by atoms with Crippen LogP contribution in [0.2, 0.25) is 0 Å². The fourth-order valence-electron chi connectivity index (χ4n) is 5.37. The minimum Gasteiger partial charge on any atom is -0.487 e. The number of carboxylic acid groups (broad SMARTS) is 1. The number of carbonyl (C=O) groups is 1. The molecule has 1 aromatic carbocycles. The van der Waals surface area contributed by atoms with Gasteiger partial charge in [0.1, 0.15) is 17.9 Å². The van der Waals surface area contributed by atoms with Gasteiger partial charge in [-0.1, -0.05) is 0 Å². The topological polar surface area (TPSA) is 97.8 Å². The summed E-state index contributed by atoms with van der Waals surface area (Å²) in [6.45, 7) is 1.81. The van der Waals surface area contributed by atoms with Crippen molar-refractivity contribution in [2.24, 2.45) is 17.6 Å². The number of carboxylic acids is 1. The maximum Gasteiger partial charge on any atom is 0.341 e. The summed E-state index contributed by atoms with van der Waals surface area (Å²) in [6.07, 6.45) is -0.0810. The highest BCUT2D eigenvalue weighted by Gasteiger charge is 2.54. The Morgan fingerprint density at radius 3 is 2.74 bits per heavy atom. The number of ether oxygens (including phenoxy) is 1. The van der Waals surface area contributed by atoms with E-state index in [0.29, 0.717) is 0 Å². The standard InChI is InChI=1S/C21H22F3N3O4/c1-9-8-31-18-16-10(4-11(20(29)30)19(28)27(9)16)5-14(22)17(18)26-6-12-13(7-26)21(23,24)3-2-15(12)25/h4-5,9,12-13,15H,2-3,6-8,25H2,1H3,(H,29,30)/t9-,12-,13+,15+/m0/s1. The van der Waals surface area contributed by atoms with Crippen LogP contribution >= 0.6 is 0 Å². The zero-order valence-electron chi connectivity index (χ0n) is 16.8. The normalized spacial score (nSPS) is 29.0. The first kappa shape index (κ1) is 20.2. The van der Waals surface area contributed by atoms with Crippen molar-refractivity contribution in [1.29, 1.82) is 0 Å². The van der Waals surface area contributed by atoms with E-state index in [4.69, 9.17) is 10.5 Å². The van der Waals surface area contributed by atoms with Gasteiger partial charge in [-0.25, -0.2) is 18.0 Å². The number of hydrogen-bond acceptors (Lipinski definition) is 5. The van der Waals surface area contributed by atoms with E-state index in [2.05, 4.69) is 0 Å². The second kappa shape index (κ2) is 6.62. The summed E-state index contributed by atoms with van der Waals surface area (Å²) in [7, 11) is 0. The lowest BCUT2D eigenvalue weighted by molar-refractivity contribution is -0.0980. The Labute approximate surface area is 175 Å². The number of nitrogens with zero attached hydrogens (tertiary/aromatic N) is 2. The molecule has 1 saturated heterocycles. The van der Waals surface area contributed by atoms with Crippen LogP contribution in [0.1, 0.15) is 36.2 Å². The van der Waals surface area contributed by atoms with Crippen LogP contribution in [-0.2, 0) is 0 Å². The third-order valence-electron chi connectivity index (χ3n) is 6.93. The molecule has 0 amide bonds. The van der Waals surface area contributed by atoms with Gasteiger partial charge >= 0.3 is 5.97 Å². The molecule has 2 aliphatic heterocycles. The first-order valence-corrected chi connectivity index (χ1v) is 10.3. The number of pyridine rings is 1. The van der Waals surface area contributed by atoms with Crippen LogP contribution in [0.3, 0.4) is 0 Å². The number of fused-ring (bicyclic) bond motifs is 1. The molecule has 1 aliphatic carbocycles. The monoisotopic (exact) mass is 437 g/mol. The molecule has 5 rings (SSSR count). The summed E-state index contributed by atoms with van der Waals surface area (Å²) in [5, 5.41) is 9.59. The maximum absolute atomic E-state index is 15.3. The van der Waals surface area contributed by atoms with Crippen LogP contribution in [0.4, 0.5) is 18.9 Å². The Kier molecular flexibility index (Phi) is 4.31. The Hall–Kier alpha value is -2.75. The smallest absolute Gasteiger partial charge is 0.341 e. The van der Waals surface area contributed by atoms with E-state index in [9.17, 15) is 23.5 Å². The lowest BCUT2D eigenvalue weighted by Gasteiger charge is -2.36. The Bertz CT molecular complexity index is 1160. The molecule has 0 radical (unpaired) electrons. The van der Waals surface area contributed by atoms with E-state index in [1.165, 1.54) is 9.47 Å². The summed E-state index contributed by atoms with van der Waals surface area (Å²) in [5.74, 6) is -6.39. The van der Waals surface area contributed by atoms with Crippen LogP contribution in [0.15, 0.2) is 16.9 Å². The number of anilines is 1. The molecule has 3 heterocycles. The minimum absolute atomic E-state index is 0.0213. The van der Waals surface area contributed by atoms with E-state index in [0.717, 1.165) is 12.1 Å². The zero-order valence-corrected chi connectivity index (χ0v) is 16.8. The van der Waals surface area contributed by atoms with Crippen molar-refractivity contribution in [2.45, 2.75) is 37.8 Å². The molecule has 2 aromatic rings. The first-order valence-electron chi connectivity index (χ1n) is 10.3. The predicted molar refractivity (Wildman–Crippen MR) is 107 cm³/mol. The van der Waals surface area contributed by atoms with Gasteiger partial charge in [0.05, 0.1) is 11.6 Å². The van der Waals surface area contributed by atoms with E-state index in [1.807, 2.05) is 0 Å². The highest BCUT2D eigenvalue weighted by molar-refractivity contribution is 5.97. The number of hydrogen-bond donors (Lipinski definition) is 2. The molecule has 0 unspecified atom stereocenters. The van der Waals surface area contributed by atoms with Gasteiger partial charge in [0.2, 0.25) is 0 Å². The van der Waals surface area contributed by atoms with Gasteiger partial charge in [-0.2, -0.15) is 0 Å². The molecule has 1 saturated carbocycles. The lowest BCUT2D eigenvalue weighted by Crippen LogP contribution is -2.47. The van der Waals surface area contributed by atoms with E-state index < -0.39 is 52.8 Å². The third kappa shape index (κ3) is 2.84. The van der Waals surface area contributed by atoms with Gasteiger partial charge in [0.15, 0.2) is 11.6 Å². The fraction of sp³-hybridized carbons (Fsp3) is 0.524. The number of benzene rings is 1. The number of rotatable bonds is 2. The Morgan fingerprint density at radius 1 is 1.32 bits per heavy atom. The minimum atomic E-state index is -2.88. The molecule has 166 valence electrons. The molecule has 3 aliphatic rings. The van der Waals surface area contributed by atoms with Crippen molar-refractivity contribution in [3.63, 3.8) is 0 Å². The summed E-state index contributed by atoms with van der Waals surface area (Å²) in [6, 6.07) is 1.39. The van der Waals surface area contributed by atoms with Gasteiger partial charge in [0, 0.05) is 42.8 Å². The average molecular weight is 437 g/mol. The van der Waals surface area contributed by atoms with E-state index in [-0.39, 0.29) is 54.9 Å². The summed E-state index contributed by atoms with van der Waals surface area (Å²) in [4.78, 5) is 25.9. The highest BCUT2D eigenvalue weighted by atomic mass is 19.3. The van der Waals surface area contributed by atoms with Crippen molar-refractivity contribution in [1.82, 2.24) is 4.57 Å². The van der Waals surface area contributed by atoms with Gasteiger partial charge < -0.3 is 20.5 Å². The van der Waals surface area contributed by atoms with Gasteiger partial charge in [-0.3, -0.25) is 9.36 Å². The number of aromatic carboxylic acids is 1. The van der Waals surface area contributed by atoms with Crippen molar-refractivity contribution < 1.29 is 27.8 Å². The number of nitrogens with two attached hydrogens (primary N) is 1. The van der Waals surface area contributed by atoms with Crippen LogP contribution < -0.4 is 20.9 Å². The van der Waals surface area contributed by atoms with Gasteiger partial charge in [-0.05, 0) is 25.5 Å². The molecule has 3 N–H and O–H groups in total. The molecule has 0 bridgehead atoms. The molecule has 0 spiro atoms. The third-order valence-corrected chi connectivity index (χ3v) is 6.93. The van der Waals surface area contributed by atoms with Gasteiger partial charge in [0.25, 0.3) is 11.5 Å². The van der Waals surface area contributed by atoms with Crippen LogP contribution in [0, 0.1) is 17.7 Å². The molecule has 10 heteroatoms. The number of alkyl halides is 2. The Morgan fingerprint density at radius 2 is 2.06 bits per heavy atom.